The molecule has 0 unspecified atom stereocenters. The molecule has 2 aromatic rings. The molecular formula is C19H20N2O5. The Morgan fingerprint density at radius 3 is 2.58 bits per heavy atom. The maximum absolute atomic E-state index is 12.2. The van der Waals surface area contributed by atoms with Gasteiger partial charge < -0.3 is 19.5 Å². The van der Waals surface area contributed by atoms with E-state index in [0.717, 1.165) is 0 Å². The Bertz CT molecular complexity index is 776. The highest BCUT2D eigenvalue weighted by atomic mass is 16.6. The SMILES string of the molecule is CCOC(=O)Nc1ccc(C(=O)NC[C@H]2COc3ccccc3O2)cc1. The van der Waals surface area contributed by atoms with E-state index in [1.165, 1.54) is 0 Å². The maximum Gasteiger partial charge on any atom is 0.411 e. The third-order valence-electron chi connectivity index (χ3n) is 3.73. The van der Waals surface area contributed by atoms with Gasteiger partial charge >= 0.3 is 6.09 Å². The summed E-state index contributed by atoms with van der Waals surface area (Å²) in [6.45, 7) is 2.73. The Kier molecular flexibility index (Phi) is 5.58. The molecule has 7 heteroatoms. The summed E-state index contributed by atoms with van der Waals surface area (Å²) in [5.41, 5.74) is 1.04. The summed E-state index contributed by atoms with van der Waals surface area (Å²) < 4.78 is 16.2. The van der Waals surface area contributed by atoms with E-state index in [1.807, 2.05) is 24.3 Å². The van der Waals surface area contributed by atoms with Crippen molar-refractivity contribution in [2.75, 3.05) is 25.1 Å². The minimum absolute atomic E-state index is 0.227. The van der Waals surface area contributed by atoms with Crippen molar-refractivity contribution in [3.63, 3.8) is 0 Å². The predicted molar refractivity (Wildman–Crippen MR) is 95.8 cm³/mol. The summed E-state index contributed by atoms with van der Waals surface area (Å²) in [6, 6.07) is 14.0. The third-order valence-corrected chi connectivity index (χ3v) is 3.73. The molecule has 0 bridgehead atoms. The van der Waals surface area contributed by atoms with Gasteiger partial charge in [0.15, 0.2) is 11.5 Å². The molecule has 0 spiro atoms. The highest BCUT2D eigenvalue weighted by molar-refractivity contribution is 5.95. The topological polar surface area (TPSA) is 85.9 Å². The fraction of sp³-hybridized carbons (Fsp3) is 0.263. The number of hydrogen-bond acceptors (Lipinski definition) is 5. The largest absolute Gasteiger partial charge is 0.486 e. The molecular weight excluding hydrogens is 336 g/mol. The van der Waals surface area contributed by atoms with Crippen LogP contribution in [0.25, 0.3) is 0 Å². The lowest BCUT2D eigenvalue weighted by Crippen LogP contribution is -2.40. The predicted octanol–water partition coefficient (Wildman–Crippen LogP) is 2.82. The van der Waals surface area contributed by atoms with Crippen molar-refractivity contribution in [3.05, 3.63) is 54.1 Å². The second-order valence-electron chi connectivity index (χ2n) is 5.63. The molecule has 1 aliphatic heterocycles. The number of carbonyl (C=O) groups is 2. The van der Waals surface area contributed by atoms with Crippen LogP contribution in [0.5, 0.6) is 11.5 Å². The molecule has 26 heavy (non-hydrogen) atoms. The van der Waals surface area contributed by atoms with E-state index in [0.29, 0.717) is 42.5 Å². The summed E-state index contributed by atoms with van der Waals surface area (Å²) in [5.74, 6) is 1.15. The number of benzene rings is 2. The normalized spacial score (nSPS) is 15.0. The molecule has 136 valence electrons. The number of ether oxygens (including phenoxy) is 3. The minimum atomic E-state index is -0.528. The average molecular weight is 356 g/mol. The molecule has 0 saturated carbocycles. The summed E-state index contributed by atoms with van der Waals surface area (Å²) in [6.07, 6.45) is -0.780. The number of rotatable bonds is 5. The standard InChI is InChI=1S/C19H20N2O5/c1-2-24-19(23)21-14-9-7-13(8-10-14)18(22)20-11-15-12-25-16-5-3-4-6-17(16)26-15/h3-10,15H,2,11-12H2,1H3,(H,20,22)(H,21,23)/t15-/m0/s1. The summed E-state index contributed by atoms with van der Waals surface area (Å²) in [4.78, 5) is 23.6. The zero-order chi connectivity index (χ0) is 18.4. The number of anilines is 1. The molecule has 0 saturated heterocycles. The van der Waals surface area contributed by atoms with Crippen LogP contribution in [0, 0.1) is 0 Å². The molecule has 0 fully saturated rings. The van der Waals surface area contributed by atoms with Gasteiger partial charge in [-0.15, -0.1) is 0 Å². The van der Waals surface area contributed by atoms with Gasteiger partial charge in [-0.2, -0.15) is 0 Å². The van der Waals surface area contributed by atoms with Gasteiger partial charge in [0, 0.05) is 11.3 Å². The average Bonchev–Trinajstić information content (AvgIpc) is 2.66. The van der Waals surface area contributed by atoms with Crippen molar-refractivity contribution < 1.29 is 23.8 Å². The number of amides is 2. The van der Waals surface area contributed by atoms with Crippen molar-refractivity contribution in [1.29, 1.82) is 0 Å². The quantitative estimate of drug-likeness (QED) is 0.860. The van der Waals surface area contributed by atoms with Gasteiger partial charge in [-0.3, -0.25) is 10.1 Å². The molecule has 0 aliphatic carbocycles. The van der Waals surface area contributed by atoms with Crippen molar-refractivity contribution in [1.82, 2.24) is 5.32 Å². The minimum Gasteiger partial charge on any atom is -0.486 e. The first-order valence-corrected chi connectivity index (χ1v) is 8.36. The number of nitrogens with one attached hydrogen (secondary N) is 2. The molecule has 7 nitrogen and oxygen atoms in total. The molecule has 1 atom stereocenters. The van der Waals surface area contributed by atoms with E-state index in [-0.39, 0.29) is 12.0 Å². The first kappa shape index (κ1) is 17.6. The Labute approximate surface area is 151 Å². The highest BCUT2D eigenvalue weighted by Gasteiger charge is 2.21. The smallest absolute Gasteiger partial charge is 0.411 e. The molecule has 2 amide bonds. The molecule has 2 aromatic carbocycles. The second-order valence-corrected chi connectivity index (χ2v) is 5.63. The van der Waals surface area contributed by atoms with Gasteiger partial charge in [-0.25, -0.2) is 4.79 Å². The van der Waals surface area contributed by atoms with Crippen LogP contribution in [-0.2, 0) is 4.74 Å². The van der Waals surface area contributed by atoms with Gasteiger partial charge in [-0.05, 0) is 43.3 Å². The Morgan fingerprint density at radius 2 is 1.85 bits per heavy atom. The number of para-hydroxylation sites is 2. The van der Waals surface area contributed by atoms with Gasteiger partial charge in [-0.1, -0.05) is 12.1 Å². The van der Waals surface area contributed by atoms with E-state index >= 15 is 0 Å². The lowest BCUT2D eigenvalue weighted by atomic mass is 10.2. The van der Waals surface area contributed by atoms with Crippen molar-refractivity contribution in [2.45, 2.75) is 13.0 Å². The van der Waals surface area contributed by atoms with E-state index < -0.39 is 6.09 Å². The van der Waals surface area contributed by atoms with Crippen LogP contribution in [0.4, 0.5) is 10.5 Å². The van der Waals surface area contributed by atoms with E-state index in [2.05, 4.69) is 10.6 Å². The zero-order valence-corrected chi connectivity index (χ0v) is 14.4. The summed E-state index contributed by atoms with van der Waals surface area (Å²) in [7, 11) is 0. The van der Waals surface area contributed by atoms with Gasteiger partial charge in [0.25, 0.3) is 5.91 Å². The Morgan fingerprint density at radius 1 is 1.12 bits per heavy atom. The van der Waals surface area contributed by atoms with Crippen LogP contribution in [0.15, 0.2) is 48.5 Å². The number of hydrogen-bond donors (Lipinski definition) is 2. The first-order valence-electron chi connectivity index (χ1n) is 8.36. The van der Waals surface area contributed by atoms with Crippen LogP contribution in [0.3, 0.4) is 0 Å². The molecule has 1 heterocycles. The summed E-state index contributed by atoms with van der Waals surface area (Å²) >= 11 is 0. The number of carbonyl (C=O) groups excluding carboxylic acids is 2. The van der Waals surface area contributed by atoms with Crippen LogP contribution in [-0.4, -0.2) is 37.9 Å². The van der Waals surface area contributed by atoms with Gasteiger partial charge in [0.1, 0.15) is 12.7 Å². The fourth-order valence-corrected chi connectivity index (χ4v) is 2.46. The van der Waals surface area contributed by atoms with E-state index in [9.17, 15) is 9.59 Å². The lowest BCUT2D eigenvalue weighted by molar-refractivity contribution is 0.0789. The maximum atomic E-state index is 12.2. The van der Waals surface area contributed by atoms with Gasteiger partial charge in [0.2, 0.25) is 0 Å². The van der Waals surface area contributed by atoms with Crippen LogP contribution in [0.1, 0.15) is 17.3 Å². The molecule has 0 radical (unpaired) electrons. The van der Waals surface area contributed by atoms with Crippen LogP contribution < -0.4 is 20.1 Å². The second kappa shape index (κ2) is 8.24. The van der Waals surface area contributed by atoms with Crippen LogP contribution in [0.2, 0.25) is 0 Å². The number of fused-ring (bicyclic) bond motifs is 1. The summed E-state index contributed by atoms with van der Waals surface area (Å²) in [5, 5.41) is 5.40. The van der Waals surface area contributed by atoms with Gasteiger partial charge in [0.05, 0.1) is 13.2 Å². The van der Waals surface area contributed by atoms with Crippen LogP contribution >= 0.6 is 0 Å². The fourth-order valence-electron chi connectivity index (χ4n) is 2.46. The highest BCUT2D eigenvalue weighted by Crippen LogP contribution is 2.30. The first-order chi connectivity index (χ1) is 12.7. The van der Waals surface area contributed by atoms with Crippen molar-refractivity contribution >= 4 is 17.7 Å². The Balaban J connectivity index is 1.50. The Hall–Kier alpha value is -3.22. The van der Waals surface area contributed by atoms with Crippen molar-refractivity contribution in [3.8, 4) is 11.5 Å². The van der Waals surface area contributed by atoms with E-state index in [1.54, 1.807) is 31.2 Å². The molecule has 3 rings (SSSR count). The van der Waals surface area contributed by atoms with E-state index in [4.69, 9.17) is 14.2 Å². The molecule has 2 N–H and O–H groups in total. The molecule has 0 aromatic heterocycles. The third kappa shape index (κ3) is 4.44. The van der Waals surface area contributed by atoms with Crippen molar-refractivity contribution in [2.24, 2.45) is 0 Å². The monoisotopic (exact) mass is 356 g/mol. The molecule has 1 aliphatic rings. The lowest BCUT2D eigenvalue weighted by Gasteiger charge is -2.26. The zero-order valence-electron chi connectivity index (χ0n) is 14.4.